The Balaban J connectivity index is 1.72. The van der Waals surface area contributed by atoms with Gasteiger partial charge in [-0.2, -0.15) is 0 Å². The first-order chi connectivity index (χ1) is 10.7. The molecule has 1 amide bonds. The predicted molar refractivity (Wildman–Crippen MR) is 79.9 cm³/mol. The second-order valence-electron chi connectivity index (χ2n) is 4.60. The van der Waals surface area contributed by atoms with E-state index in [4.69, 9.17) is 13.9 Å². The Kier molecular flexibility index (Phi) is 4.19. The largest absolute Gasteiger partial charge is 0.454 e. The topological polar surface area (TPSA) is 86.5 Å². The zero-order valence-corrected chi connectivity index (χ0v) is 13.0. The first-order valence-corrected chi connectivity index (χ1v) is 7.73. The lowest BCUT2D eigenvalue weighted by Crippen LogP contribution is -2.30. The number of amides is 1. The average Bonchev–Trinajstić information content (AvgIpc) is 3.15. The molecule has 2 heterocycles. The standard InChI is InChI=1S/C14H15N3O4S/c1-3-15-12(18)8(2)22-14-17-16-13(21-14)9-4-5-10-11(6-9)20-7-19-10/h4-6,8H,3,7H2,1-2H3,(H,15,18)/t8-/m1/s1. The van der Waals surface area contributed by atoms with Gasteiger partial charge in [0.05, 0.1) is 5.25 Å². The van der Waals surface area contributed by atoms with Gasteiger partial charge < -0.3 is 19.2 Å². The highest BCUT2D eigenvalue weighted by Gasteiger charge is 2.19. The Labute approximate surface area is 131 Å². The van der Waals surface area contributed by atoms with Gasteiger partial charge in [-0.05, 0) is 32.0 Å². The number of benzene rings is 1. The molecule has 0 bridgehead atoms. The summed E-state index contributed by atoms with van der Waals surface area (Å²) in [6.45, 7) is 4.48. The molecule has 116 valence electrons. The molecule has 8 heteroatoms. The van der Waals surface area contributed by atoms with Gasteiger partial charge >= 0.3 is 0 Å². The number of fused-ring (bicyclic) bond motifs is 1. The minimum Gasteiger partial charge on any atom is -0.454 e. The Hall–Kier alpha value is -2.22. The highest BCUT2D eigenvalue weighted by molar-refractivity contribution is 8.00. The van der Waals surface area contributed by atoms with E-state index in [0.29, 0.717) is 29.2 Å². The van der Waals surface area contributed by atoms with E-state index in [1.165, 1.54) is 11.8 Å². The van der Waals surface area contributed by atoms with Crippen LogP contribution in [-0.4, -0.2) is 34.7 Å². The number of hydrogen-bond acceptors (Lipinski definition) is 7. The van der Waals surface area contributed by atoms with Gasteiger partial charge in [0.15, 0.2) is 11.5 Å². The summed E-state index contributed by atoms with van der Waals surface area (Å²) in [5, 5.41) is 10.8. The van der Waals surface area contributed by atoms with E-state index in [1.54, 1.807) is 19.1 Å². The van der Waals surface area contributed by atoms with Crippen LogP contribution in [0.4, 0.5) is 0 Å². The Morgan fingerprint density at radius 3 is 3.00 bits per heavy atom. The third-order valence-electron chi connectivity index (χ3n) is 3.02. The number of aromatic nitrogens is 2. The SMILES string of the molecule is CCNC(=O)[C@@H](C)Sc1nnc(-c2ccc3c(c2)OCO3)o1. The highest BCUT2D eigenvalue weighted by Crippen LogP contribution is 2.36. The summed E-state index contributed by atoms with van der Waals surface area (Å²) in [6, 6.07) is 5.41. The summed E-state index contributed by atoms with van der Waals surface area (Å²) in [7, 11) is 0. The number of carbonyl (C=O) groups excluding carboxylic acids is 1. The van der Waals surface area contributed by atoms with E-state index in [0.717, 1.165) is 5.56 Å². The van der Waals surface area contributed by atoms with Gasteiger partial charge in [-0.25, -0.2) is 0 Å². The van der Waals surface area contributed by atoms with Crippen molar-refractivity contribution >= 4 is 17.7 Å². The van der Waals surface area contributed by atoms with Gasteiger partial charge in [-0.1, -0.05) is 11.8 Å². The number of thioether (sulfide) groups is 1. The predicted octanol–water partition coefficient (Wildman–Crippen LogP) is 2.08. The summed E-state index contributed by atoms with van der Waals surface area (Å²) in [5.74, 6) is 1.67. The van der Waals surface area contributed by atoms with E-state index < -0.39 is 0 Å². The Morgan fingerprint density at radius 2 is 2.18 bits per heavy atom. The van der Waals surface area contributed by atoms with Gasteiger partial charge in [-0.3, -0.25) is 4.79 Å². The molecule has 22 heavy (non-hydrogen) atoms. The minimum atomic E-state index is -0.301. The molecule has 0 saturated carbocycles. The molecule has 1 atom stereocenters. The number of hydrogen-bond donors (Lipinski definition) is 1. The smallest absolute Gasteiger partial charge is 0.277 e. The third kappa shape index (κ3) is 3.01. The van der Waals surface area contributed by atoms with E-state index in [9.17, 15) is 4.79 Å². The van der Waals surface area contributed by atoms with Crippen molar-refractivity contribution in [2.24, 2.45) is 0 Å². The quantitative estimate of drug-likeness (QED) is 0.844. The van der Waals surface area contributed by atoms with Crippen LogP contribution in [0, 0.1) is 0 Å². The average molecular weight is 321 g/mol. The number of ether oxygens (including phenoxy) is 2. The molecule has 1 aliphatic rings. The van der Waals surface area contributed by atoms with Crippen LogP contribution in [0.2, 0.25) is 0 Å². The Bertz CT molecular complexity index is 688. The minimum absolute atomic E-state index is 0.0599. The molecule has 1 N–H and O–H groups in total. The molecule has 0 unspecified atom stereocenters. The highest BCUT2D eigenvalue weighted by atomic mass is 32.2. The first-order valence-electron chi connectivity index (χ1n) is 6.85. The summed E-state index contributed by atoms with van der Waals surface area (Å²) < 4.78 is 16.2. The number of carbonyl (C=O) groups is 1. The lowest BCUT2D eigenvalue weighted by molar-refractivity contribution is -0.120. The van der Waals surface area contributed by atoms with Crippen molar-refractivity contribution in [3.63, 3.8) is 0 Å². The second kappa shape index (κ2) is 6.27. The van der Waals surface area contributed by atoms with Crippen LogP contribution in [-0.2, 0) is 4.79 Å². The third-order valence-corrected chi connectivity index (χ3v) is 3.96. The molecular formula is C14H15N3O4S. The molecule has 7 nitrogen and oxygen atoms in total. The monoisotopic (exact) mass is 321 g/mol. The number of nitrogens with one attached hydrogen (secondary N) is 1. The van der Waals surface area contributed by atoms with Gasteiger partial charge in [0.2, 0.25) is 18.6 Å². The molecular weight excluding hydrogens is 306 g/mol. The van der Waals surface area contributed by atoms with Crippen molar-refractivity contribution in [2.45, 2.75) is 24.3 Å². The van der Waals surface area contributed by atoms with Crippen molar-refractivity contribution < 1.29 is 18.7 Å². The zero-order valence-electron chi connectivity index (χ0n) is 12.2. The van der Waals surface area contributed by atoms with Gasteiger partial charge in [0.25, 0.3) is 5.22 Å². The van der Waals surface area contributed by atoms with Crippen LogP contribution in [0.3, 0.4) is 0 Å². The zero-order chi connectivity index (χ0) is 15.5. The van der Waals surface area contributed by atoms with Crippen LogP contribution in [0.5, 0.6) is 11.5 Å². The lowest BCUT2D eigenvalue weighted by atomic mass is 10.2. The maximum Gasteiger partial charge on any atom is 0.277 e. The fraction of sp³-hybridized carbons (Fsp3) is 0.357. The van der Waals surface area contributed by atoms with Crippen LogP contribution in [0.25, 0.3) is 11.5 Å². The molecule has 0 aliphatic carbocycles. The van der Waals surface area contributed by atoms with Crippen LogP contribution in [0.15, 0.2) is 27.8 Å². The number of nitrogens with zero attached hydrogens (tertiary/aromatic N) is 2. The van der Waals surface area contributed by atoms with Crippen molar-refractivity contribution in [1.82, 2.24) is 15.5 Å². The second-order valence-corrected chi connectivity index (χ2v) is 5.89. The Morgan fingerprint density at radius 1 is 1.36 bits per heavy atom. The molecule has 3 rings (SSSR count). The summed E-state index contributed by atoms with van der Waals surface area (Å²) in [6.07, 6.45) is 0. The van der Waals surface area contributed by atoms with Crippen LogP contribution >= 0.6 is 11.8 Å². The van der Waals surface area contributed by atoms with Crippen LogP contribution < -0.4 is 14.8 Å². The van der Waals surface area contributed by atoms with Crippen molar-refractivity contribution in [2.75, 3.05) is 13.3 Å². The van der Waals surface area contributed by atoms with Crippen LogP contribution in [0.1, 0.15) is 13.8 Å². The lowest BCUT2D eigenvalue weighted by Gasteiger charge is -2.07. The molecule has 0 spiro atoms. The molecule has 2 aromatic rings. The van der Waals surface area contributed by atoms with E-state index >= 15 is 0 Å². The van der Waals surface area contributed by atoms with E-state index in [1.807, 2.05) is 13.0 Å². The molecule has 0 fully saturated rings. The van der Waals surface area contributed by atoms with Crippen molar-refractivity contribution in [3.05, 3.63) is 18.2 Å². The molecule has 1 aliphatic heterocycles. The molecule has 1 aromatic carbocycles. The van der Waals surface area contributed by atoms with Gasteiger partial charge in [0, 0.05) is 12.1 Å². The van der Waals surface area contributed by atoms with Crippen molar-refractivity contribution in [3.8, 4) is 23.0 Å². The normalized spacial score (nSPS) is 13.9. The fourth-order valence-electron chi connectivity index (χ4n) is 1.93. The van der Waals surface area contributed by atoms with Gasteiger partial charge in [0.1, 0.15) is 0 Å². The van der Waals surface area contributed by atoms with Crippen molar-refractivity contribution in [1.29, 1.82) is 0 Å². The maximum absolute atomic E-state index is 11.7. The summed E-state index contributed by atoms with van der Waals surface area (Å²) >= 11 is 1.22. The summed E-state index contributed by atoms with van der Waals surface area (Å²) in [5.41, 5.74) is 0.745. The van der Waals surface area contributed by atoms with E-state index in [2.05, 4.69) is 15.5 Å². The van der Waals surface area contributed by atoms with E-state index in [-0.39, 0.29) is 18.0 Å². The van der Waals surface area contributed by atoms with Gasteiger partial charge in [-0.15, -0.1) is 10.2 Å². The first kappa shape index (κ1) is 14.7. The number of rotatable bonds is 5. The molecule has 0 saturated heterocycles. The fourth-order valence-corrected chi connectivity index (χ4v) is 2.63. The summed E-state index contributed by atoms with van der Waals surface area (Å²) in [4.78, 5) is 11.7. The maximum atomic E-state index is 11.7. The molecule has 0 radical (unpaired) electrons. The molecule has 1 aromatic heterocycles.